The normalized spacial score (nSPS) is 22.2. The van der Waals surface area contributed by atoms with E-state index in [4.69, 9.17) is 0 Å². The molecule has 2 fully saturated rings. The van der Waals surface area contributed by atoms with Gasteiger partial charge >= 0.3 is 0 Å². The summed E-state index contributed by atoms with van der Waals surface area (Å²) in [6, 6.07) is 9.16. The third-order valence-corrected chi connectivity index (χ3v) is 7.26. The van der Waals surface area contributed by atoms with Gasteiger partial charge in [-0.25, -0.2) is 0 Å². The van der Waals surface area contributed by atoms with Crippen molar-refractivity contribution in [1.82, 2.24) is 9.88 Å². The van der Waals surface area contributed by atoms with E-state index in [2.05, 4.69) is 4.98 Å². The summed E-state index contributed by atoms with van der Waals surface area (Å²) in [5.41, 5.74) is 2.68. The fourth-order valence-corrected chi connectivity index (χ4v) is 5.78. The van der Waals surface area contributed by atoms with Crippen molar-refractivity contribution < 1.29 is 14.7 Å². The molecule has 3 heterocycles. The van der Waals surface area contributed by atoms with Crippen molar-refractivity contribution in [1.29, 1.82) is 0 Å². The van der Waals surface area contributed by atoms with E-state index in [1.165, 1.54) is 11.3 Å². The number of nitrogens with one attached hydrogen (secondary N) is 1. The van der Waals surface area contributed by atoms with Crippen LogP contribution < -0.4 is 0 Å². The topological polar surface area (TPSA) is 73.4 Å². The summed E-state index contributed by atoms with van der Waals surface area (Å²) in [6.07, 6.45) is 5.64. The molecule has 1 unspecified atom stereocenters. The Hall–Kier alpha value is -2.86. The number of Topliss-reactive ketones (excluding diaryl/α,β-unsaturated/α-hetero) is 1. The minimum absolute atomic E-state index is 0.0474. The zero-order chi connectivity index (χ0) is 20.1. The van der Waals surface area contributed by atoms with E-state index in [1.807, 2.05) is 42.6 Å². The van der Waals surface area contributed by atoms with Crippen LogP contribution in [0.5, 0.6) is 0 Å². The number of aliphatic hydroxyl groups is 1. The molecule has 29 heavy (non-hydrogen) atoms. The van der Waals surface area contributed by atoms with Crippen molar-refractivity contribution in [3.05, 3.63) is 63.5 Å². The quantitative estimate of drug-likeness (QED) is 0.369. The Morgan fingerprint density at radius 3 is 2.66 bits per heavy atom. The Labute approximate surface area is 172 Å². The average molecular weight is 407 g/mol. The first-order valence-corrected chi connectivity index (χ1v) is 10.9. The zero-order valence-corrected chi connectivity index (χ0v) is 17.0. The van der Waals surface area contributed by atoms with Gasteiger partial charge in [0.1, 0.15) is 11.8 Å². The highest BCUT2D eigenvalue weighted by molar-refractivity contribution is 7.10. The Morgan fingerprint density at radius 1 is 1.17 bits per heavy atom. The number of aromatic nitrogens is 1. The molecule has 1 saturated heterocycles. The van der Waals surface area contributed by atoms with Gasteiger partial charge in [-0.1, -0.05) is 31.0 Å². The monoisotopic (exact) mass is 406 g/mol. The molecule has 1 amide bonds. The van der Waals surface area contributed by atoms with E-state index < -0.39 is 17.7 Å². The number of para-hydroxylation sites is 1. The van der Waals surface area contributed by atoms with Crippen LogP contribution in [0.4, 0.5) is 0 Å². The number of benzene rings is 1. The molecule has 1 aliphatic heterocycles. The Bertz CT molecular complexity index is 1150. The molecule has 1 saturated carbocycles. The van der Waals surface area contributed by atoms with E-state index in [1.54, 1.807) is 11.1 Å². The number of aryl methyl sites for hydroxylation is 1. The smallest absolute Gasteiger partial charge is 0.295 e. The van der Waals surface area contributed by atoms with Crippen molar-refractivity contribution in [3.8, 4) is 0 Å². The highest BCUT2D eigenvalue weighted by atomic mass is 32.1. The van der Waals surface area contributed by atoms with Crippen LogP contribution in [0.25, 0.3) is 16.7 Å². The van der Waals surface area contributed by atoms with Crippen LogP contribution in [0.2, 0.25) is 0 Å². The predicted molar refractivity (Wildman–Crippen MR) is 114 cm³/mol. The number of aromatic amines is 1. The number of amides is 1. The van der Waals surface area contributed by atoms with Crippen LogP contribution in [0.15, 0.2) is 47.5 Å². The molecule has 2 aliphatic rings. The fraction of sp³-hybridized carbons (Fsp3) is 0.304. The van der Waals surface area contributed by atoms with Crippen LogP contribution in [0.3, 0.4) is 0 Å². The van der Waals surface area contributed by atoms with E-state index in [0.717, 1.165) is 47.0 Å². The molecule has 0 radical (unpaired) electrons. The number of thiophene rings is 1. The van der Waals surface area contributed by atoms with E-state index in [9.17, 15) is 14.7 Å². The summed E-state index contributed by atoms with van der Waals surface area (Å²) in [5, 5.41) is 14.1. The number of likely N-dealkylation sites (tertiary alicyclic amines) is 1. The van der Waals surface area contributed by atoms with Crippen LogP contribution in [-0.4, -0.2) is 32.7 Å². The second-order valence-electron chi connectivity index (χ2n) is 7.86. The lowest BCUT2D eigenvalue weighted by Gasteiger charge is -2.30. The van der Waals surface area contributed by atoms with Gasteiger partial charge in [0, 0.05) is 33.6 Å². The summed E-state index contributed by atoms with van der Waals surface area (Å²) in [6.45, 7) is 1.99. The number of carbonyl (C=O) groups excluding carboxylic acids is 2. The average Bonchev–Trinajstić information content (AvgIpc) is 3.49. The maximum Gasteiger partial charge on any atom is 0.295 e. The number of hydrogen-bond donors (Lipinski definition) is 2. The van der Waals surface area contributed by atoms with Gasteiger partial charge in [-0.15, -0.1) is 11.3 Å². The van der Waals surface area contributed by atoms with Crippen LogP contribution in [0.1, 0.15) is 47.7 Å². The maximum atomic E-state index is 13.1. The van der Waals surface area contributed by atoms with Crippen LogP contribution >= 0.6 is 11.3 Å². The number of H-pyrrole nitrogens is 1. The van der Waals surface area contributed by atoms with Gasteiger partial charge < -0.3 is 15.0 Å². The summed E-state index contributed by atoms with van der Waals surface area (Å²) in [5.74, 6) is -1.17. The molecule has 6 heteroatoms. The van der Waals surface area contributed by atoms with Crippen molar-refractivity contribution in [3.63, 3.8) is 0 Å². The molecular weight excluding hydrogens is 384 g/mol. The number of fused-ring (bicyclic) bond motifs is 1. The van der Waals surface area contributed by atoms with Crippen molar-refractivity contribution in [2.75, 3.05) is 0 Å². The predicted octanol–water partition coefficient (Wildman–Crippen LogP) is 4.90. The standard InChI is InChI=1S/C23H22N2O3S/c1-13-10-11-29-22(13)19-18(21(27)23(28)25(19)14-6-2-3-7-14)20(26)16-12-24-17-9-5-4-8-15(16)17/h4-5,8-12,14,19,24,26H,2-3,6-7H2,1H3/b20-18+. The second kappa shape index (κ2) is 6.88. The highest BCUT2D eigenvalue weighted by Gasteiger charge is 2.50. The third kappa shape index (κ3) is 2.74. The maximum absolute atomic E-state index is 13.1. The van der Waals surface area contributed by atoms with Crippen LogP contribution in [0, 0.1) is 6.92 Å². The molecule has 1 atom stereocenters. The Morgan fingerprint density at radius 2 is 1.93 bits per heavy atom. The first kappa shape index (κ1) is 18.2. The Kier molecular flexibility index (Phi) is 4.32. The lowest BCUT2D eigenvalue weighted by molar-refractivity contribution is -0.141. The van der Waals surface area contributed by atoms with E-state index in [-0.39, 0.29) is 17.4 Å². The molecule has 5 rings (SSSR count). The number of ketones is 1. The first-order valence-electron chi connectivity index (χ1n) is 9.98. The zero-order valence-electron chi connectivity index (χ0n) is 16.1. The first-order chi connectivity index (χ1) is 14.1. The largest absolute Gasteiger partial charge is 0.507 e. The van der Waals surface area contributed by atoms with Gasteiger partial charge in [-0.3, -0.25) is 9.59 Å². The van der Waals surface area contributed by atoms with Gasteiger partial charge in [-0.05, 0) is 42.8 Å². The lowest BCUT2D eigenvalue weighted by Crippen LogP contribution is -2.37. The molecule has 148 valence electrons. The number of rotatable bonds is 3. The second-order valence-corrected chi connectivity index (χ2v) is 8.81. The molecular formula is C23H22N2O3S. The molecule has 1 aromatic carbocycles. The number of carbonyl (C=O) groups is 2. The molecule has 2 aromatic heterocycles. The number of aliphatic hydroxyl groups excluding tert-OH is 1. The number of nitrogens with zero attached hydrogens (tertiary/aromatic N) is 1. The van der Waals surface area contributed by atoms with Crippen LogP contribution in [-0.2, 0) is 9.59 Å². The molecule has 0 spiro atoms. The SMILES string of the molecule is Cc1ccsc1C1/C(=C(\O)c2c[nH]c3ccccc23)C(=O)C(=O)N1C1CCCC1. The van der Waals surface area contributed by atoms with E-state index in [0.29, 0.717) is 5.56 Å². The fourth-order valence-electron chi connectivity index (χ4n) is 4.74. The third-order valence-electron chi connectivity index (χ3n) is 6.19. The molecule has 0 bridgehead atoms. The summed E-state index contributed by atoms with van der Waals surface area (Å²) in [4.78, 5) is 32.1. The summed E-state index contributed by atoms with van der Waals surface area (Å²) in [7, 11) is 0. The van der Waals surface area contributed by atoms with Gasteiger partial charge in [0.25, 0.3) is 11.7 Å². The van der Waals surface area contributed by atoms with Gasteiger partial charge in [0.15, 0.2) is 0 Å². The molecule has 2 N–H and O–H groups in total. The molecule has 1 aliphatic carbocycles. The van der Waals surface area contributed by atoms with E-state index >= 15 is 0 Å². The van der Waals surface area contributed by atoms with Crippen molar-refractivity contribution >= 4 is 39.7 Å². The van der Waals surface area contributed by atoms with Crippen molar-refractivity contribution in [2.24, 2.45) is 0 Å². The number of hydrogen-bond acceptors (Lipinski definition) is 4. The minimum atomic E-state index is -0.586. The lowest BCUT2D eigenvalue weighted by atomic mass is 9.97. The Balaban J connectivity index is 1.73. The minimum Gasteiger partial charge on any atom is -0.507 e. The highest BCUT2D eigenvalue weighted by Crippen LogP contribution is 2.46. The summed E-state index contributed by atoms with van der Waals surface area (Å²) < 4.78 is 0. The van der Waals surface area contributed by atoms with Gasteiger partial charge in [-0.2, -0.15) is 0 Å². The summed E-state index contributed by atoms with van der Waals surface area (Å²) >= 11 is 1.54. The van der Waals surface area contributed by atoms with Gasteiger partial charge in [0.05, 0.1) is 5.57 Å². The van der Waals surface area contributed by atoms with Gasteiger partial charge in [0.2, 0.25) is 0 Å². The molecule has 3 aromatic rings. The molecule has 5 nitrogen and oxygen atoms in total. The van der Waals surface area contributed by atoms with Crippen molar-refractivity contribution in [2.45, 2.75) is 44.7 Å².